The molecule has 0 fully saturated rings. The van der Waals surface area contributed by atoms with Gasteiger partial charge >= 0.3 is 21.7 Å². The Balaban J connectivity index is -0.000000199. The van der Waals surface area contributed by atoms with E-state index in [-0.39, 0.29) is 21.7 Å². The van der Waals surface area contributed by atoms with Crippen molar-refractivity contribution in [2.45, 2.75) is 118 Å². The molecule has 1 rings (SSSR count). The summed E-state index contributed by atoms with van der Waals surface area (Å²) in [6, 6.07) is 4.76. The minimum Gasteiger partial charge on any atom is -0.852 e. The van der Waals surface area contributed by atoms with Crippen molar-refractivity contribution in [3.8, 4) is 5.95 Å². The predicted molar refractivity (Wildman–Crippen MR) is 115 cm³/mol. The molecule has 0 unspecified atom stereocenters. The molecule has 0 bridgehead atoms. The van der Waals surface area contributed by atoms with Gasteiger partial charge in [0.1, 0.15) is 0 Å². The van der Waals surface area contributed by atoms with Gasteiger partial charge in [-0.2, -0.15) is 12.1 Å². The molecule has 170 valence electrons. The molecule has 29 heavy (non-hydrogen) atoms. The fourth-order valence-corrected chi connectivity index (χ4v) is 7.93. The molecule has 5 nitrogen and oxygen atoms in total. The summed E-state index contributed by atoms with van der Waals surface area (Å²) in [5, 5.41) is 28.6. The van der Waals surface area contributed by atoms with Crippen LogP contribution in [0.15, 0.2) is 16.7 Å². The Morgan fingerprint density at radius 3 is 1.17 bits per heavy atom. The molecule has 0 saturated heterocycles. The zero-order valence-electron chi connectivity index (χ0n) is 20.7. The number of hydrogen-bond donors (Lipinski definition) is 0. The average molecular weight is 465 g/mol. The van der Waals surface area contributed by atoms with E-state index in [1.54, 1.807) is 53.9 Å². The minimum atomic E-state index is -1.86. The second kappa shape index (κ2) is 19.8. The average Bonchev–Trinajstić information content (AvgIpc) is 2.94. The summed E-state index contributed by atoms with van der Waals surface area (Å²) in [6.45, 7) is 23.2. The molecule has 1 aromatic rings. The SMILES string of the molecule is CC(C)[O-].CC(C)[O-].CC(C)[O-].CC(C)[Si](Oc1[c-]cco1)(C(C)C)C(C)C.[Ti+4]. The fourth-order valence-electron chi connectivity index (χ4n) is 2.80. The Morgan fingerprint density at radius 2 is 1.00 bits per heavy atom. The standard InChI is InChI=1S/C13H23O2Si.3C3H7O.Ti/c1-10(2)16(11(3)4,12(5)6)15-13-8-7-9-14-13;3*1-3(2)4;/h7,9-12H,1-6H3;3*3H,1-2H3;/q4*-1;+4. The van der Waals surface area contributed by atoms with Crippen LogP contribution in [-0.2, 0) is 21.7 Å². The van der Waals surface area contributed by atoms with E-state index in [1.807, 2.05) is 0 Å². The molecule has 0 aliphatic rings. The predicted octanol–water partition coefficient (Wildman–Crippen LogP) is 3.90. The second-order valence-corrected chi connectivity index (χ2v) is 13.8. The smallest absolute Gasteiger partial charge is 0.852 e. The molecule has 0 saturated carbocycles. The van der Waals surface area contributed by atoms with Crippen molar-refractivity contribution in [3.63, 3.8) is 0 Å². The zero-order valence-corrected chi connectivity index (χ0v) is 23.2. The second-order valence-electron chi connectivity index (χ2n) is 8.42. The van der Waals surface area contributed by atoms with Crippen LogP contribution in [0.25, 0.3) is 0 Å². The fraction of sp³-hybridized carbons (Fsp3) is 0.818. The quantitative estimate of drug-likeness (QED) is 0.487. The van der Waals surface area contributed by atoms with Gasteiger partial charge in [0.2, 0.25) is 0 Å². The molecule has 7 heteroatoms. The first-order valence-corrected chi connectivity index (χ1v) is 12.4. The van der Waals surface area contributed by atoms with E-state index >= 15 is 0 Å². The van der Waals surface area contributed by atoms with Crippen molar-refractivity contribution in [2.75, 3.05) is 0 Å². The molecule has 0 aliphatic heterocycles. The third-order valence-electron chi connectivity index (χ3n) is 3.42. The molecular formula is C22H44O5SiTi. The molecule has 1 heterocycles. The Hall–Kier alpha value is -0.109. The van der Waals surface area contributed by atoms with Crippen molar-refractivity contribution >= 4 is 8.32 Å². The van der Waals surface area contributed by atoms with Gasteiger partial charge in [0.15, 0.2) is 5.95 Å². The van der Waals surface area contributed by atoms with Gasteiger partial charge in [-0.25, -0.2) is 0 Å². The topological polar surface area (TPSA) is 91.5 Å². The maximum atomic E-state index is 9.53. The van der Waals surface area contributed by atoms with Gasteiger partial charge in [-0.1, -0.05) is 89.3 Å². The minimum absolute atomic E-state index is 0. The van der Waals surface area contributed by atoms with Crippen molar-refractivity contribution in [1.82, 2.24) is 0 Å². The summed E-state index contributed by atoms with van der Waals surface area (Å²) in [7, 11) is -1.86. The summed E-state index contributed by atoms with van der Waals surface area (Å²) < 4.78 is 11.5. The maximum Gasteiger partial charge on any atom is 4.00 e. The normalized spacial score (nSPS) is 10.8. The number of rotatable bonds is 5. The largest absolute Gasteiger partial charge is 4.00 e. The van der Waals surface area contributed by atoms with Crippen LogP contribution in [0.3, 0.4) is 0 Å². The molecular weight excluding hydrogens is 420 g/mol. The molecule has 0 aromatic carbocycles. The molecule has 0 spiro atoms. The first-order valence-electron chi connectivity index (χ1n) is 10.2. The monoisotopic (exact) mass is 464 g/mol. The first-order chi connectivity index (χ1) is 12.6. The van der Waals surface area contributed by atoms with Crippen LogP contribution in [0, 0.1) is 6.07 Å². The van der Waals surface area contributed by atoms with E-state index in [9.17, 15) is 15.3 Å². The van der Waals surface area contributed by atoms with Crippen LogP contribution in [0.4, 0.5) is 0 Å². The summed E-state index contributed by atoms with van der Waals surface area (Å²) in [6.07, 6.45) is 0.371. The third kappa shape index (κ3) is 20.9. The summed E-state index contributed by atoms with van der Waals surface area (Å²) >= 11 is 0. The van der Waals surface area contributed by atoms with Gasteiger partial charge < -0.3 is 24.2 Å². The Kier molecular flexibility index (Phi) is 24.8. The summed E-state index contributed by atoms with van der Waals surface area (Å²) in [5.74, 6) is 0.558. The Bertz CT molecular complexity index is 388. The van der Waals surface area contributed by atoms with Gasteiger partial charge in [-0.05, 0) is 16.6 Å². The van der Waals surface area contributed by atoms with Crippen LogP contribution in [0.2, 0.25) is 16.6 Å². The summed E-state index contributed by atoms with van der Waals surface area (Å²) in [5.41, 5.74) is 1.68. The van der Waals surface area contributed by atoms with Gasteiger partial charge in [0, 0.05) is 0 Å². The van der Waals surface area contributed by atoms with Crippen LogP contribution >= 0.6 is 0 Å². The summed E-state index contributed by atoms with van der Waals surface area (Å²) in [4.78, 5) is 0. The van der Waals surface area contributed by atoms with E-state index in [1.165, 1.54) is 0 Å². The van der Waals surface area contributed by atoms with E-state index < -0.39 is 26.6 Å². The maximum absolute atomic E-state index is 9.53. The van der Waals surface area contributed by atoms with Crippen molar-refractivity contribution in [3.05, 3.63) is 18.4 Å². The number of furan rings is 1. The van der Waals surface area contributed by atoms with Crippen LogP contribution < -0.4 is 19.7 Å². The van der Waals surface area contributed by atoms with Gasteiger partial charge in [0.25, 0.3) is 8.32 Å². The van der Waals surface area contributed by atoms with Gasteiger partial charge in [-0.3, -0.25) is 0 Å². The first kappa shape index (κ1) is 36.3. The van der Waals surface area contributed by atoms with Crippen LogP contribution in [-0.4, -0.2) is 26.6 Å². The third-order valence-corrected chi connectivity index (χ3v) is 9.37. The van der Waals surface area contributed by atoms with Gasteiger partial charge in [-0.15, -0.1) is 18.3 Å². The van der Waals surface area contributed by atoms with E-state index in [0.717, 1.165) is 0 Å². The molecule has 1 aromatic heterocycles. The Labute approximate surface area is 196 Å². The van der Waals surface area contributed by atoms with E-state index in [2.05, 4.69) is 47.6 Å². The number of hydrogen-bond acceptors (Lipinski definition) is 5. The van der Waals surface area contributed by atoms with Crippen LogP contribution in [0.5, 0.6) is 5.95 Å². The van der Waals surface area contributed by atoms with Gasteiger partial charge in [0.05, 0.1) is 0 Å². The van der Waals surface area contributed by atoms with Crippen LogP contribution in [0.1, 0.15) is 83.1 Å². The van der Waals surface area contributed by atoms with E-state index in [0.29, 0.717) is 22.6 Å². The van der Waals surface area contributed by atoms with E-state index in [4.69, 9.17) is 8.84 Å². The van der Waals surface area contributed by atoms with Crippen molar-refractivity contribution in [1.29, 1.82) is 0 Å². The molecule has 0 atom stereocenters. The molecule has 0 amide bonds. The Morgan fingerprint density at radius 1 is 0.724 bits per heavy atom. The molecule has 0 aliphatic carbocycles. The van der Waals surface area contributed by atoms with Crippen molar-refractivity contribution in [2.24, 2.45) is 0 Å². The zero-order chi connectivity index (χ0) is 23.1. The van der Waals surface area contributed by atoms with Crippen molar-refractivity contribution < 1.29 is 45.9 Å². The molecule has 0 radical (unpaired) electrons. The molecule has 0 N–H and O–H groups in total.